The second-order valence-corrected chi connectivity index (χ2v) is 10.1. The van der Waals surface area contributed by atoms with Crippen LogP contribution in [0.5, 0.6) is 0 Å². The van der Waals surface area contributed by atoms with E-state index in [0.29, 0.717) is 0 Å². The molecule has 0 saturated heterocycles. The molecule has 184 valence electrons. The summed E-state index contributed by atoms with van der Waals surface area (Å²) in [6, 6.07) is 45.4. The fraction of sp³-hybridized carbons (Fsp3) is 0.0278. The van der Waals surface area contributed by atoms with E-state index in [0.717, 1.165) is 29.2 Å². The number of benzene rings is 5. The maximum atomic E-state index is 4.78. The summed E-state index contributed by atoms with van der Waals surface area (Å²) in [4.78, 5) is 7.10. The van der Waals surface area contributed by atoms with Crippen LogP contribution in [0.25, 0.3) is 38.6 Å². The van der Waals surface area contributed by atoms with E-state index in [4.69, 9.17) is 4.98 Å². The van der Waals surface area contributed by atoms with Gasteiger partial charge in [0, 0.05) is 46.0 Å². The quantitative estimate of drug-likeness (QED) is 0.241. The number of pyridine rings is 1. The largest absolute Gasteiger partial charge is 0.310 e. The summed E-state index contributed by atoms with van der Waals surface area (Å²) in [6.45, 7) is 0. The molecule has 3 heteroatoms. The van der Waals surface area contributed by atoms with Crippen LogP contribution < -0.4 is 4.90 Å². The molecule has 8 rings (SSSR count). The van der Waals surface area contributed by atoms with E-state index < -0.39 is 0 Å². The van der Waals surface area contributed by atoms with Crippen LogP contribution in [0, 0.1) is 0 Å². The van der Waals surface area contributed by atoms with Crippen LogP contribution in [-0.4, -0.2) is 9.55 Å². The lowest BCUT2D eigenvalue weighted by Crippen LogP contribution is -2.09. The lowest BCUT2D eigenvalue weighted by molar-refractivity contribution is 1.09. The van der Waals surface area contributed by atoms with Crippen LogP contribution in [0.3, 0.4) is 0 Å². The zero-order valence-corrected chi connectivity index (χ0v) is 21.3. The highest BCUT2D eigenvalue weighted by atomic mass is 15.1. The predicted octanol–water partition coefficient (Wildman–Crippen LogP) is 9.22. The summed E-state index contributed by atoms with van der Waals surface area (Å²) in [6.07, 6.45) is 4.96. The van der Waals surface area contributed by atoms with Crippen molar-refractivity contribution in [3.63, 3.8) is 0 Å². The van der Waals surface area contributed by atoms with Crippen LogP contribution in [0.4, 0.5) is 17.1 Å². The molecule has 0 spiro atoms. The van der Waals surface area contributed by atoms with Gasteiger partial charge in [-0.15, -0.1) is 0 Å². The van der Waals surface area contributed by atoms with Crippen LogP contribution >= 0.6 is 0 Å². The van der Waals surface area contributed by atoms with Gasteiger partial charge in [0.25, 0.3) is 0 Å². The standard InChI is InChI=1S/C36H25N3/c1-3-11-26(12-4-1)38(27-13-5-2-6-14-27)28-20-19-25-21-32-33(31(25)22-28)23-37-24-36(32)39-34-17-9-7-15-29(34)30-16-8-10-18-35(30)39/h1-20,22-24H,21H2. The Morgan fingerprint density at radius 3 is 1.77 bits per heavy atom. The second kappa shape index (κ2) is 8.71. The highest BCUT2D eigenvalue weighted by Gasteiger charge is 2.25. The molecule has 2 aromatic heterocycles. The Hall–Kier alpha value is -5.15. The van der Waals surface area contributed by atoms with Gasteiger partial charge >= 0.3 is 0 Å². The van der Waals surface area contributed by atoms with Crippen LogP contribution in [-0.2, 0) is 6.42 Å². The molecule has 0 N–H and O–H groups in total. The maximum absolute atomic E-state index is 4.78. The zero-order chi connectivity index (χ0) is 25.8. The molecule has 2 heterocycles. The first kappa shape index (κ1) is 21.9. The Morgan fingerprint density at radius 2 is 1.13 bits per heavy atom. The van der Waals surface area contributed by atoms with E-state index in [9.17, 15) is 0 Å². The van der Waals surface area contributed by atoms with Crippen LogP contribution in [0.2, 0.25) is 0 Å². The first-order chi connectivity index (χ1) is 19.4. The summed E-state index contributed by atoms with van der Waals surface area (Å²) < 4.78 is 2.39. The lowest BCUT2D eigenvalue weighted by atomic mass is 10.1. The van der Waals surface area contributed by atoms with Crippen LogP contribution in [0.15, 0.2) is 140 Å². The number of hydrogen-bond acceptors (Lipinski definition) is 2. The van der Waals surface area contributed by atoms with Crippen molar-refractivity contribution in [1.82, 2.24) is 9.55 Å². The van der Waals surface area contributed by atoms with Crippen molar-refractivity contribution in [3.05, 3.63) is 151 Å². The van der Waals surface area contributed by atoms with Gasteiger partial charge in [-0.1, -0.05) is 78.9 Å². The monoisotopic (exact) mass is 499 g/mol. The van der Waals surface area contributed by atoms with Crippen molar-refractivity contribution in [2.24, 2.45) is 0 Å². The highest BCUT2D eigenvalue weighted by Crippen LogP contribution is 2.44. The summed E-state index contributed by atoms with van der Waals surface area (Å²) in [7, 11) is 0. The Morgan fingerprint density at radius 1 is 0.538 bits per heavy atom. The first-order valence-electron chi connectivity index (χ1n) is 13.4. The molecule has 0 atom stereocenters. The molecular formula is C36H25N3. The fourth-order valence-electron chi connectivity index (χ4n) is 6.17. The molecule has 0 amide bonds. The molecule has 0 bridgehead atoms. The summed E-state index contributed by atoms with van der Waals surface area (Å²) in [5.41, 5.74) is 12.1. The number of hydrogen-bond donors (Lipinski definition) is 0. The molecule has 0 aliphatic heterocycles. The molecule has 3 nitrogen and oxygen atoms in total. The molecule has 0 saturated carbocycles. The average molecular weight is 500 g/mol. The van der Waals surface area contributed by atoms with E-state index >= 15 is 0 Å². The smallest absolute Gasteiger partial charge is 0.0687 e. The Kier molecular flexibility index (Phi) is 4.89. The van der Waals surface area contributed by atoms with Crippen LogP contribution in [0.1, 0.15) is 11.1 Å². The third-order valence-electron chi connectivity index (χ3n) is 7.89. The van der Waals surface area contributed by atoms with Crippen molar-refractivity contribution in [2.75, 3.05) is 4.90 Å². The molecular weight excluding hydrogens is 474 g/mol. The van der Waals surface area contributed by atoms with Gasteiger partial charge in [-0.25, -0.2) is 0 Å². The predicted molar refractivity (Wildman–Crippen MR) is 162 cm³/mol. The molecule has 1 aliphatic rings. The fourth-order valence-corrected chi connectivity index (χ4v) is 6.17. The van der Waals surface area contributed by atoms with E-state index in [1.54, 1.807) is 0 Å². The van der Waals surface area contributed by atoms with E-state index in [1.165, 1.54) is 44.1 Å². The van der Waals surface area contributed by atoms with Gasteiger partial charge in [0.2, 0.25) is 0 Å². The van der Waals surface area contributed by atoms with Crippen molar-refractivity contribution in [2.45, 2.75) is 6.42 Å². The third kappa shape index (κ3) is 3.40. The number of nitrogens with zero attached hydrogens (tertiary/aromatic N) is 3. The maximum Gasteiger partial charge on any atom is 0.0687 e. The van der Waals surface area contributed by atoms with Crippen molar-refractivity contribution < 1.29 is 0 Å². The minimum absolute atomic E-state index is 0.889. The van der Waals surface area contributed by atoms with E-state index in [-0.39, 0.29) is 0 Å². The van der Waals surface area contributed by atoms with E-state index in [1.807, 2.05) is 12.4 Å². The normalized spacial score (nSPS) is 12.0. The minimum atomic E-state index is 0.889. The number of para-hydroxylation sites is 4. The second-order valence-electron chi connectivity index (χ2n) is 10.1. The van der Waals surface area contributed by atoms with Crippen molar-refractivity contribution in [1.29, 1.82) is 0 Å². The SMILES string of the molecule is c1ccc(N(c2ccccc2)c2ccc3c(c2)-c2cncc(-n4c5ccccc5c5ccccc54)c2C3)cc1. The van der Waals surface area contributed by atoms with Gasteiger partial charge in [0.05, 0.1) is 22.9 Å². The van der Waals surface area contributed by atoms with E-state index in [2.05, 4.69) is 137 Å². The number of aromatic nitrogens is 2. The highest BCUT2D eigenvalue weighted by molar-refractivity contribution is 6.09. The summed E-state index contributed by atoms with van der Waals surface area (Å²) in [5.74, 6) is 0. The van der Waals surface area contributed by atoms with Gasteiger partial charge in [-0.2, -0.15) is 0 Å². The van der Waals surface area contributed by atoms with Crippen molar-refractivity contribution in [3.8, 4) is 16.8 Å². The minimum Gasteiger partial charge on any atom is -0.310 e. The number of fused-ring (bicyclic) bond motifs is 6. The molecule has 1 aliphatic carbocycles. The molecule has 0 fully saturated rings. The number of anilines is 3. The van der Waals surface area contributed by atoms with Gasteiger partial charge < -0.3 is 9.47 Å². The van der Waals surface area contributed by atoms with Gasteiger partial charge in [0.1, 0.15) is 0 Å². The number of rotatable bonds is 4. The van der Waals surface area contributed by atoms with Gasteiger partial charge in [0.15, 0.2) is 0 Å². The van der Waals surface area contributed by atoms with Gasteiger partial charge in [-0.05, 0) is 65.2 Å². The first-order valence-corrected chi connectivity index (χ1v) is 13.4. The topological polar surface area (TPSA) is 21.1 Å². The average Bonchev–Trinajstić information content (AvgIpc) is 3.54. The Labute approximate surface area is 227 Å². The lowest BCUT2D eigenvalue weighted by Gasteiger charge is -2.26. The molecule has 0 radical (unpaired) electrons. The van der Waals surface area contributed by atoms with Gasteiger partial charge in [-0.3, -0.25) is 4.98 Å². The molecule has 5 aromatic carbocycles. The summed E-state index contributed by atoms with van der Waals surface area (Å²) in [5, 5.41) is 2.54. The Bertz CT molecular complexity index is 1890. The Balaban J connectivity index is 1.31. The third-order valence-corrected chi connectivity index (χ3v) is 7.89. The summed E-state index contributed by atoms with van der Waals surface area (Å²) >= 11 is 0. The molecule has 0 unspecified atom stereocenters. The molecule has 39 heavy (non-hydrogen) atoms. The molecule has 7 aromatic rings. The zero-order valence-electron chi connectivity index (χ0n) is 21.3. The van der Waals surface area contributed by atoms with Crippen molar-refractivity contribution >= 4 is 38.9 Å².